The predicted octanol–water partition coefficient (Wildman–Crippen LogP) is 4.83. The van der Waals surface area contributed by atoms with Crippen LogP contribution in [0.5, 0.6) is 11.5 Å². The number of halogens is 1. The Morgan fingerprint density at radius 2 is 1.77 bits per heavy atom. The van der Waals surface area contributed by atoms with Gasteiger partial charge < -0.3 is 9.47 Å². The Bertz CT molecular complexity index is 1080. The fourth-order valence-corrected chi connectivity index (χ4v) is 8.38. The number of hydrogen-bond acceptors (Lipinski definition) is 7. The molecule has 0 aromatic heterocycles. The third-order valence-electron chi connectivity index (χ3n) is 5.13. The van der Waals surface area contributed by atoms with E-state index in [1.807, 2.05) is 35.7 Å². The van der Waals surface area contributed by atoms with Crippen LogP contribution >= 0.6 is 35.1 Å². The van der Waals surface area contributed by atoms with E-state index in [0.717, 1.165) is 29.9 Å². The largest absolute Gasteiger partial charge is 0.493 e. The molecule has 2 aromatic rings. The van der Waals surface area contributed by atoms with Gasteiger partial charge in [-0.05, 0) is 48.7 Å². The summed E-state index contributed by atoms with van der Waals surface area (Å²) in [4.78, 5) is 12.7. The lowest BCUT2D eigenvalue weighted by atomic mass is 10.2. The summed E-state index contributed by atoms with van der Waals surface area (Å²) in [5.74, 6) is 2.27. The molecule has 6 nitrogen and oxygen atoms in total. The van der Waals surface area contributed by atoms with Crippen LogP contribution in [0.15, 0.2) is 41.3 Å². The second kappa shape index (κ2) is 9.62. The Kier molecular flexibility index (Phi) is 7.07. The summed E-state index contributed by atoms with van der Waals surface area (Å²) < 4.78 is 38.5. The number of nitrogens with zero attached hydrogens (tertiary/aromatic N) is 1. The van der Waals surface area contributed by atoms with Gasteiger partial charge in [0.25, 0.3) is 0 Å². The molecule has 0 spiro atoms. The summed E-state index contributed by atoms with van der Waals surface area (Å²) in [6.45, 7) is 0.906. The first-order valence-electron chi connectivity index (χ1n) is 9.83. The van der Waals surface area contributed by atoms with Crippen LogP contribution in [0.25, 0.3) is 0 Å². The van der Waals surface area contributed by atoms with Gasteiger partial charge in [0, 0.05) is 24.6 Å². The van der Waals surface area contributed by atoms with Gasteiger partial charge in [-0.1, -0.05) is 17.7 Å². The molecule has 0 radical (unpaired) electrons. The smallest absolute Gasteiger partial charge is 0.343 e. The second-order valence-electron chi connectivity index (χ2n) is 7.13. The van der Waals surface area contributed by atoms with Gasteiger partial charge in [-0.25, -0.2) is 13.2 Å². The summed E-state index contributed by atoms with van der Waals surface area (Å²) >= 11 is 9.92. The van der Waals surface area contributed by atoms with Gasteiger partial charge in [-0.15, -0.1) is 23.5 Å². The van der Waals surface area contributed by atoms with Crippen molar-refractivity contribution in [3.05, 3.63) is 52.5 Å². The van der Waals surface area contributed by atoms with Gasteiger partial charge in [0.2, 0.25) is 10.0 Å². The zero-order valence-electron chi connectivity index (χ0n) is 16.9. The zero-order chi connectivity index (χ0) is 22.0. The van der Waals surface area contributed by atoms with E-state index in [1.165, 1.54) is 29.6 Å². The number of benzene rings is 2. The van der Waals surface area contributed by atoms with Gasteiger partial charge in [-0.2, -0.15) is 4.31 Å². The third kappa shape index (κ3) is 4.85. The summed E-state index contributed by atoms with van der Waals surface area (Å²) in [5, 5.41) is 0.0805. The number of carbonyl (C=O) groups excluding carboxylic acids is 1. The number of thioether (sulfide) groups is 2. The van der Waals surface area contributed by atoms with Crippen LogP contribution in [0.1, 0.15) is 33.3 Å². The minimum Gasteiger partial charge on any atom is -0.493 e. The van der Waals surface area contributed by atoms with Crippen LogP contribution in [-0.4, -0.2) is 50.4 Å². The van der Waals surface area contributed by atoms with Crippen molar-refractivity contribution in [2.75, 3.05) is 31.7 Å². The highest BCUT2D eigenvalue weighted by atomic mass is 35.5. The fraction of sp³-hybridized carbons (Fsp3) is 0.381. The minimum absolute atomic E-state index is 0.0805. The predicted molar refractivity (Wildman–Crippen MR) is 125 cm³/mol. The summed E-state index contributed by atoms with van der Waals surface area (Å²) in [5.41, 5.74) is 1.21. The first kappa shape index (κ1) is 22.8. The van der Waals surface area contributed by atoms with Crippen molar-refractivity contribution in [3.8, 4) is 11.5 Å². The summed E-state index contributed by atoms with van der Waals surface area (Å²) in [6.07, 6.45) is 1.62. The maximum atomic E-state index is 12.9. The van der Waals surface area contributed by atoms with E-state index in [-0.39, 0.29) is 21.2 Å². The van der Waals surface area contributed by atoms with E-state index in [0.29, 0.717) is 23.4 Å². The highest BCUT2D eigenvalue weighted by Crippen LogP contribution is 2.47. The third-order valence-corrected chi connectivity index (χ3v) is 10.6. The van der Waals surface area contributed by atoms with Crippen LogP contribution in [0.4, 0.5) is 0 Å². The van der Waals surface area contributed by atoms with Gasteiger partial charge >= 0.3 is 5.97 Å². The highest BCUT2D eigenvalue weighted by Gasteiger charge is 2.30. The molecule has 166 valence electrons. The molecular formula is C21H22ClNO5S3. The van der Waals surface area contributed by atoms with Crippen molar-refractivity contribution in [2.45, 2.75) is 22.3 Å². The Morgan fingerprint density at radius 3 is 2.45 bits per heavy atom. The summed E-state index contributed by atoms with van der Waals surface area (Å²) in [7, 11) is -2.24. The van der Waals surface area contributed by atoms with E-state index >= 15 is 0 Å². The zero-order valence-corrected chi connectivity index (χ0v) is 20.1. The van der Waals surface area contributed by atoms with Gasteiger partial charge in [-0.3, -0.25) is 0 Å². The molecule has 0 unspecified atom stereocenters. The van der Waals surface area contributed by atoms with Gasteiger partial charge in [0.15, 0.2) is 11.5 Å². The molecule has 2 heterocycles. The van der Waals surface area contributed by atoms with Crippen molar-refractivity contribution in [2.24, 2.45) is 0 Å². The Balaban J connectivity index is 1.57. The molecule has 2 aliphatic rings. The first-order chi connectivity index (χ1) is 14.9. The maximum Gasteiger partial charge on any atom is 0.343 e. The molecule has 0 N–H and O–H groups in total. The van der Waals surface area contributed by atoms with Crippen LogP contribution in [0, 0.1) is 0 Å². The maximum absolute atomic E-state index is 12.9. The van der Waals surface area contributed by atoms with E-state index in [9.17, 15) is 13.2 Å². The lowest BCUT2D eigenvalue weighted by Gasteiger charge is -2.17. The second-order valence-corrected chi connectivity index (χ2v) is 12.2. The highest BCUT2D eigenvalue weighted by molar-refractivity contribution is 8.19. The molecule has 31 heavy (non-hydrogen) atoms. The standard InChI is InChI=1S/C21H22ClNO5S3/c1-27-18-12-15(21-29-10-11-30-21)5-7-17(18)28-20(24)14-4-6-16(22)19(13-14)31(25,26)23-8-2-3-9-23/h4-7,12-13,21H,2-3,8-11H2,1H3. The number of hydrogen-bond donors (Lipinski definition) is 0. The van der Waals surface area contributed by atoms with E-state index < -0.39 is 16.0 Å². The van der Waals surface area contributed by atoms with Crippen molar-refractivity contribution < 1.29 is 22.7 Å². The number of rotatable bonds is 6. The van der Waals surface area contributed by atoms with Crippen LogP contribution < -0.4 is 9.47 Å². The number of ether oxygens (including phenoxy) is 2. The number of carbonyl (C=O) groups is 1. The van der Waals surface area contributed by atoms with Crippen molar-refractivity contribution in [1.82, 2.24) is 4.31 Å². The normalized spacial score (nSPS) is 17.7. The molecule has 10 heteroatoms. The van der Waals surface area contributed by atoms with Gasteiger partial charge in [0.05, 0.1) is 22.3 Å². The Labute approximate surface area is 195 Å². The molecule has 2 saturated heterocycles. The molecule has 0 aliphatic carbocycles. The first-order valence-corrected chi connectivity index (χ1v) is 13.7. The van der Waals surface area contributed by atoms with E-state index in [4.69, 9.17) is 21.1 Å². The number of sulfonamides is 1. The Morgan fingerprint density at radius 1 is 1.06 bits per heavy atom. The Hall–Kier alpha value is -1.39. The SMILES string of the molecule is COc1cc(C2SCCS2)ccc1OC(=O)c1ccc(Cl)c(S(=O)(=O)N2CCCC2)c1. The topological polar surface area (TPSA) is 72.9 Å². The minimum atomic E-state index is -3.76. The molecule has 0 bridgehead atoms. The van der Waals surface area contributed by atoms with Crippen LogP contribution in [-0.2, 0) is 10.0 Å². The van der Waals surface area contributed by atoms with Crippen molar-refractivity contribution in [3.63, 3.8) is 0 Å². The lowest BCUT2D eigenvalue weighted by molar-refractivity contribution is 0.0729. The van der Waals surface area contributed by atoms with Crippen molar-refractivity contribution >= 4 is 51.1 Å². The van der Waals surface area contributed by atoms with Gasteiger partial charge in [0.1, 0.15) is 4.90 Å². The van der Waals surface area contributed by atoms with Crippen molar-refractivity contribution in [1.29, 1.82) is 0 Å². The molecule has 2 aliphatic heterocycles. The lowest BCUT2D eigenvalue weighted by Crippen LogP contribution is -2.28. The molecule has 2 aromatic carbocycles. The molecule has 0 saturated carbocycles. The monoisotopic (exact) mass is 499 g/mol. The van der Waals surface area contributed by atoms with Crippen LogP contribution in [0.2, 0.25) is 5.02 Å². The van der Waals surface area contributed by atoms with E-state index in [2.05, 4.69) is 0 Å². The molecule has 0 atom stereocenters. The number of methoxy groups -OCH3 is 1. The quantitative estimate of drug-likeness (QED) is 0.416. The average Bonchev–Trinajstić information content (AvgIpc) is 3.48. The number of esters is 1. The molecule has 4 rings (SSSR count). The molecule has 2 fully saturated rings. The fourth-order valence-electron chi connectivity index (χ4n) is 3.52. The average molecular weight is 500 g/mol. The van der Waals surface area contributed by atoms with E-state index in [1.54, 1.807) is 6.07 Å². The summed E-state index contributed by atoms with van der Waals surface area (Å²) in [6, 6.07) is 9.67. The molecular weight excluding hydrogens is 478 g/mol. The van der Waals surface area contributed by atoms with Crippen LogP contribution in [0.3, 0.4) is 0 Å². The molecule has 0 amide bonds.